The van der Waals surface area contributed by atoms with E-state index in [9.17, 15) is 13.2 Å². The molecule has 0 aliphatic heterocycles. The lowest BCUT2D eigenvalue weighted by Gasteiger charge is -1.99. The number of hydrogen-bond donors (Lipinski definition) is 0. The quantitative estimate of drug-likeness (QED) is 0.641. The summed E-state index contributed by atoms with van der Waals surface area (Å²) in [5.74, 6) is -0.115. The van der Waals surface area contributed by atoms with Crippen LogP contribution in [-0.4, -0.2) is 20.5 Å². The number of hydrogen-bond acceptors (Lipinski definition) is 3. The van der Waals surface area contributed by atoms with Crippen LogP contribution in [0.2, 0.25) is 0 Å². The van der Waals surface area contributed by atoms with E-state index >= 15 is 0 Å². The smallest absolute Gasteiger partial charge is 0.185 e. The number of rotatable bonds is 4. The molecule has 20 heavy (non-hydrogen) atoms. The van der Waals surface area contributed by atoms with Crippen molar-refractivity contribution in [3.8, 4) is 0 Å². The molecule has 0 N–H and O–H groups in total. The summed E-state index contributed by atoms with van der Waals surface area (Å²) in [4.78, 5) is 12.1. The lowest BCUT2D eigenvalue weighted by molar-refractivity contribution is 0.104. The lowest BCUT2D eigenvalue weighted by Crippen LogP contribution is -1.97. The molecule has 0 saturated heterocycles. The molecule has 4 heteroatoms. The Balaban J connectivity index is 2.22. The van der Waals surface area contributed by atoms with E-state index in [1.54, 1.807) is 48.5 Å². The molecule has 3 nitrogen and oxygen atoms in total. The zero-order chi connectivity index (χ0) is 14.6. The van der Waals surface area contributed by atoms with Crippen LogP contribution in [0.1, 0.15) is 15.9 Å². The first-order chi connectivity index (χ1) is 9.47. The van der Waals surface area contributed by atoms with Crippen LogP contribution in [0.25, 0.3) is 6.08 Å². The Morgan fingerprint density at radius 2 is 1.70 bits per heavy atom. The molecule has 0 fully saturated rings. The largest absolute Gasteiger partial charge is 0.289 e. The molecule has 0 amide bonds. The SMILES string of the molecule is CS(=O)(=O)c1cccc(C=CC(=O)c2ccccc2)c1. The number of sulfone groups is 1. The van der Waals surface area contributed by atoms with Crippen LogP contribution in [0.5, 0.6) is 0 Å². The molecule has 0 unspecified atom stereocenters. The maximum atomic E-state index is 11.9. The van der Waals surface area contributed by atoms with Crippen LogP contribution >= 0.6 is 0 Å². The van der Waals surface area contributed by atoms with Crippen molar-refractivity contribution in [3.05, 3.63) is 71.8 Å². The van der Waals surface area contributed by atoms with Crippen LogP contribution in [0.4, 0.5) is 0 Å². The summed E-state index contributed by atoms with van der Waals surface area (Å²) in [6, 6.07) is 15.4. The first-order valence-corrected chi connectivity index (χ1v) is 7.93. The Labute approximate surface area is 118 Å². The predicted octanol–water partition coefficient (Wildman–Crippen LogP) is 2.99. The summed E-state index contributed by atoms with van der Waals surface area (Å²) < 4.78 is 22.9. The van der Waals surface area contributed by atoms with Gasteiger partial charge in [0, 0.05) is 11.8 Å². The Hall–Kier alpha value is -2.20. The van der Waals surface area contributed by atoms with Gasteiger partial charge in [0.25, 0.3) is 0 Å². The van der Waals surface area contributed by atoms with Gasteiger partial charge in [-0.15, -0.1) is 0 Å². The summed E-state index contributed by atoms with van der Waals surface area (Å²) >= 11 is 0. The van der Waals surface area contributed by atoms with E-state index in [2.05, 4.69) is 0 Å². The van der Waals surface area contributed by atoms with Gasteiger partial charge in [0.2, 0.25) is 0 Å². The molecule has 2 aromatic carbocycles. The number of carbonyl (C=O) groups excluding carboxylic acids is 1. The molecule has 0 aromatic heterocycles. The van der Waals surface area contributed by atoms with Crippen molar-refractivity contribution in [2.24, 2.45) is 0 Å². The van der Waals surface area contributed by atoms with Crippen molar-refractivity contribution in [2.75, 3.05) is 6.26 Å². The molecule has 0 heterocycles. The third-order valence-electron chi connectivity index (χ3n) is 2.77. The summed E-state index contributed by atoms with van der Waals surface area (Å²) in [6.45, 7) is 0. The van der Waals surface area contributed by atoms with Crippen LogP contribution in [0, 0.1) is 0 Å². The fraction of sp³-hybridized carbons (Fsp3) is 0.0625. The number of ketones is 1. The molecule has 0 spiro atoms. The molecule has 0 aliphatic carbocycles. The van der Waals surface area contributed by atoms with E-state index in [0.717, 1.165) is 6.26 Å². The van der Waals surface area contributed by atoms with Crippen molar-refractivity contribution < 1.29 is 13.2 Å². The molecule has 0 bridgehead atoms. The number of carbonyl (C=O) groups is 1. The van der Waals surface area contributed by atoms with Crippen LogP contribution in [0.15, 0.2) is 65.6 Å². The minimum atomic E-state index is -3.23. The molecular formula is C16H14O3S. The van der Waals surface area contributed by atoms with E-state index in [4.69, 9.17) is 0 Å². The average Bonchev–Trinajstić information content (AvgIpc) is 2.45. The van der Waals surface area contributed by atoms with Crippen molar-refractivity contribution in [2.45, 2.75) is 4.90 Å². The van der Waals surface area contributed by atoms with Gasteiger partial charge >= 0.3 is 0 Å². The topological polar surface area (TPSA) is 51.2 Å². The molecule has 2 rings (SSSR count). The van der Waals surface area contributed by atoms with Gasteiger partial charge in [-0.1, -0.05) is 48.5 Å². The van der Waals surface area contributed by atoms with Gasteiger partial charge in [-0.05, 0) is 23.8 Å². The Morgan fingerprint density at radius 3 is 2.35 bits per heavy atom. The molecule has 0 aliphatic rings. The Bertz CT molecular complexity index is 744. The highest BCUT2D eigenvalue weighted by Gasteiger charge is 2.06. The maximum Gasteiger partial charge on any atom is 0.185 e. The van der Waals surface area contributed by atoms with Gasteiger partial charge in [0.15, 0.2) is 15.6 Å². The fourth-order valence-corrected chi connectivity index (χ4v) is 2.40. The normalized spacial score (nSPS) is 11.7. The number of allylic oxidation sites excluding steroid dienone is 1. The molecule has 0 radical (unpaired) electrons. The van der Waals surface area contributed by atoms with E-state index in [0.29, 0.717) is 11.1 Å². The van der Waals surface area contributed by atoms with Crippen molar-refractivity contribution in [1.29, 1.82) is 0 Å². The highest BCUT2D eigenvalue weighted by molar-refractivity contribution is 7.90. The molecule has 2 aromatic rings. The highest BCUT2D eigenvalue weighted by Crippen LogP contribution is 2.13. The Morgan fingerprint density at radius 1 is 1.00 bits per heavy atom. The Kier molecular flexibility index (Phi) is 4.15. The van der Waals surface area contributed by atoms with E-state index < -0.39 is 9.84 Å². The van der Waals surface area contributed by atoms with Gasteiger partial charge in [0.1, 0.15) is 0 Å². The third kappa shape index (κ3) is 3.65. The zero-order valence-corrected chi connectivity index (χ0v) is 11.8. The van der Waals surface area contributed by atoms with Gasteiger partial charge in [-0.2, -0.15) is 0 Å². The fourth-order valence-electron chi connectivity index (χ4n) is 1.72. The summed E-state index contributed by atoms with van der Waals surface area (Å²) in [5.41, 5.74) is 1.28. The monoisotopic (exact) mass is 286 g/mol. The standard InChI is InChI=1S/C16H14O3S/c1-20(18,19)15-9-5-6-13(12-15)10-11-16(17)14-7-3-2-4-8-14/h2-12H,1H3. The molecule has 0 saturated carbocycles. The van der Waals surface area contributed by atoms with Crippen molar-refractivity contribution in [1.82, 2.24) is 0 Å². The van der Waals surface area contributed by atoms with E-state index in [1.807, 2.05) is 6.07 Å². The van der Waals surface area contributed by atoms with Crippen molar-refractivity contribution in [3.63, 3.8) is 0 Å². The minimum absolute atomic E-state index is 0.115. The predicted molar refractivity (Wildman–Crippen MR) is 79.4 cm³/mol. The summed E-state index contributed by atoms with van der Waals surface area (Å²) in [5, 5.41) is 0. The second-order valence-corrected chi connectivity index (χ2v) is 6.42. The third-order valence-corrected chi connectivity index (χ3v) is 3.88. The van der Waals surface area contributed by atoms with Gasteiger partial charge in [0.05, 0.1) is 4.90 Å². The van der Waals surface area contributed by atoms with Crippen molar-refractivity contribution >= 4 is 21.7 Å². The second-order valence-electron chi connectivity index (χ2n) is 4.41. The molecule has 0 atom stereocenters. The van der Waals surface area contributed by atoms with E-state index in [-0.39, 0.29) is 10.7 Å². The van der Waals surface area contributed by atoms with Crippen LogP contribution < -0.4 is 0 Å². The first-order valence-electron chi connectivity index (χ1n) is 6.04. The first kappa shape index (κ1) is 14.2. The second kappa shape index (κ2) is 5.84. The van der Waals surface area contributed by atoms with Crippen LogP contribution in [-0.2, 0) is 9.84 Å². The lowest BCUT2D eigenvalue weighted by atomic mass is 10.1. The van der Waals surface area contributed by atoms with E-state index in [1.165, 1.54) is 12.1 Å². The minimum Gasteiger partial charge on any atom is -0.289 e. The summed E-state index contributed by atoms with van der Waals surface area (Å²) in [7, 11) is -3.23. The van der Waals surface area contributed by atoms with Gasteiger partial charge in [-0.3, -0.25) is 4.79 Å². The van der Waals surface area contributed by atoms with Crippen LogP contribution in [0.3, 0.4) is 0 Å². The average molecular weight is 286 g/mol. The number of benzene rings is 2. The summed E-state index contributed by atoms with van der Waals surface area (Å²) in [6.07, 6.45) is 4.21. The molecular weight excluding hydrogens is 272 g/mol. The molecule has 102 valence electrons. The van der Waals surface area contributed by atoms with Gasteiger partial charge in [-0.25, -0.2) is 8.42 Å². The zero-order valence-electron chi connectivity index (χ0n) is 11.0. The van der Waals surface area contributed by atoms with Gasteiger partial charge < -0.3 is 0 Å². The highest BCUT2D eigenvalue weighted by atomic mass is 32.2. The maximum absolute atomic E-state index is 11.9.